The Bertz CT molecular complexity index is 544. The molecule has 7 heteroatoms. The van der Waals surface area contributed by atoms with Crippen molar-refractivity contribution in [3.8, 4) is 0 Å². The molecule has 0 radical (unpaired) electrons. The predicted octanol–water partition coefficient (Wildman–Crippen LogP) is 2.05. The molecular weight excluding hydrogens is 277 g/mol. The molecule has 0 unspecified atom stereocenters. The number of hydrogen-bond acceptors (Lipinski definition) is 4. The molecule has 1 amide bonds. The van der Waals surface area contributed by atoms with Crippen molar-refractivity contribution < 1.29 is 14.1 Å². The van der Waals surface area contributed by atoms with Crippen LogP contribution in [0.25, 0.3) is 0 Å². The fourth-order valence-electron chi connectivity index (χ4n) is 2.13. The van der Waals surface area contributed by atoms with Gasteiger partial charge in [0.25, 0.3) is 11.6 Å². The van der Waals surface area contributed by atoms with Gasteiger partial charge in [-0.3, -0.25) is 14.9 Å². The highest BCUT2D eigenvalue weighted by molar-refractivity contribution is 5.95. The highest BCUT2D eigenvalue weighted by atomic mass is 19.1. The molecule has 1 N–H and O–H groups in total. The first-order valence-electron chi connectivity index (χ1n) is 6.49. The number of nitrogens with one attached hydrogen (secondary N) is 1. The van der Waals surface area contributed by atoms with Crippen LogP contribution >= 0.6 is 0 Å². The number of nitro benzene ring substituents is 1. The van der Waals surface area contributed by atoms with Crippen LogP contribution in [0, 0.1) is 21.3 Å². The molecule has 0 aliphatic rings. The van der Waals surface area contributed by atoms with Gasteiger partial charge in [0.1, 0.15) is 5.82 Å². The van der Waals surface area contributed by atoms with Gasteiger partial charge in [-0.15, -0.1) is 0 Å². The molecule has 1 aromatic rings. The van der Waals surface area contributed by atoms with Crippen molar-refractivity contribution >= 4 is 11.6 Å². The summed E-state index contributed by atoms with van der Waals surface area (Å²) in [6.07, 6.45) is 0. The fraction of sp³-hybridized carbons (Fsp3) is 0.500. The van der Waals surface area contributed by atoms with Gasteiger partial charge in [0.15, 0.2) is 0 Å². The predicted molar refractivity (Wildman–Crippen MR) is 77.7 cm³/mol. The highest BCUT2D eigenvalue weighted by Crippen LogP contribution is 2.18. The van der Waals surface area contributed by atoms with Crippen molar-refractivity contribution in [2.75, 3.05) is 27.2 Å². The number of carbonyl (C=O) groups is 1. The summed E-state index contributed by atoms with van der Waals surface area (Å²) in [5.41, 5.74) is -0.824. The second kappa shape index (κ2) is 6.62. The van der Waals surface area contributed by atoms with Crippen molar-refractivity contribution in [2.45, 2.75) is 13.8 Å². The zero-order chi connectivity index (χ0) is 16.2. The summed E-state index contributed by atoms with van der Waals surface area (Å²) in [5, 5.41) is 13.3. The Hall–Kier alpha value is -2.02. The lowest BCUT2D eigenvalue weighted by atomic mass is 9.93. The van der Waals surface area contributed by atoms with Crippen LogP contribution in [0.4, 0.5) is 10.1 Å². The first kappa shape index (κ1) is 17.0. The number of hydrogen-bond donors (Lipinski definition) is 1. The SMILES string of the molecule is CN(C)CC(C)(C)CNC(=O)c1cc([N+](=O)[O-])ccc1F. The first-order chi connectivity index (χ1) is 9.62. The lowest BCUT2D eigenvalue weighted by Crippen LogP contribution is -2.40. The quantitative estimate of drug-likeness (QED) is 0.644. The van der Waals surface area contributed by atoms with Gasteiger partial charge in [-0.2, -0.15) is 0 Å². The normalized spacial score (nSPS) is 11.5. The molecule has 0 saturated carbocycles. The number of nitrogens with zero attached hydrogens (tertiary/aromatic N) is 2. The molecule has 0 bridgehead atoms. The zero-order valence-electron chi connectivity index (χ0n) is 12.6. The first-order valence-corrected chi connectivity index (χ1v) is 6.49. The summed E-state index contributed by atoms with van der Waals surface area (Å²) >= 11 is 0. The molecule has 0 spiro atoms. The highest BCUT2D eigenvalue weighted by Gasteiger charge is 2.22. The van der Waals surface area contributed by atoms with E-state index < -0.39 is 16.6 Å². The molecule has 0 atom stereocenters. The van der Waals surface area contributed by atoms with Crippen LogP contribution in [-0.2, 0) is 0 Å². The summed E-state index contributed by atoms with van der Waals surface area (Å²) in [4.78, 5) is 24.0. The molecule has 6 nitrogen and oxygen atoms in total. The van der Waals surface area contributed by atoms with E-state index in [0.29, 0.717) is 6.54 Å². The molecule has 0 heterocycles. The number of rotatable bonds is 6. The summed E-state index contributed by atoms with van der Waals surface area (Å²) < 4.78 is 13.6. The number of nitro groups is 1. The third-order valence-electron chi connectivity index (χ3n) is 2.88. The second-order valence-electron chi connectivity index (χ2n) is 6.01. The van der Waals surface area contributed by atoms with Gasteiger partial charge >= 0.3 is 0 Å². The van der Waals surface area contributed by atoms with E-state index in [1.807, 2.05) is 32.8 Å². The standard InChI is InChI=1S/C14H20FN3O3/c1-14(2,9-17(3)4)8-16-13(19)11-7-10(18(20)21)5-6-12(11)15/h5-7H,8-9H2,1-4H3,(H,16,19). The lowest BCUT2D eigenvalue weighted by molar-refractivity contribution is -0.384. The van der Waals surface area contributed by atoms with Crippen molar-refractivity contribution in [2.24, 2.45) is 5.41 Å². The van der Waals surface area contributed by atoms with E-state index in [1.165, 1.54) is 0 Å². The molecule has 0 aromatic heterocycles. The number of benzene rings is 1. The van der Waals surface area contributed by atoms with Gasteiger partial charge in [-0.05, 0) is 25.6 Å². The minimum atomic E-state index is -0.775. The Morgan fingerprint density at radius 1 is 1.43 bits per heavy atom. The van der Waals surface area contributed by atoms with E-state index in [0.717, 1.165) is 24.7 Å². The largest absolute Gasteiger partial charge is 0.351 e. The van der Waals surface area contributed by atoms with E-state index in [2.05, 4.69) is 5.32 Å². The van der Waals surface area contributed by atoms with Crippen molar-refractivity contribution in [3.63, 3.8) is 0 Å². The molecule has 1 rings (SSSR count). The minimum absolute atomic E-state index is 0.198. The Kier molecular flexibility index (Phi) is 5.37. The van der Waals surface area contributed by atoms with E-state index in [4.69, 9.17) is 0 Å². The van der Waals surface area contributed by atoms with Crippen LogP contribution in [-0.4, -0.2) is 42.9 Å². The monoisotopic (exact) mass is 297 g/mol. The molecule has 0 fully saturated rings. The maximum atomic E-state index is 13.6. The minimum Gasteiger partial charge on any atom is -0.351 e. The Morgan fingerprint density at radius 2 is 2.05 bits per heavy atom. The smallest absolute Gasteiger partial charge is 0.270 e. The van der Waals surface area contributed by atoms with Gasteiger partial charge < -0.3 is 10.2 Å². The van der Waals surface area contributed by atoms with E-state index in [-0.39, 0.29) is 16.7 Å². The number of non-ortho nitro benzene ring substituents is 1. The van der Waals surface area contributed by atoms with Gasteiger partial charge in [0, 0.05) is 25.2 Å². The van der Waals surface area contributed by atoms with Crippen molar-refractivity contribution in [3.05, 3.63) is 39.7 Å². The Balaban J connectivity index is 2.80. The van der Waals surface area contributed by atoms with Crippen LogP contribution in [0.3, 0.4) is 0 Å². The van der Waals surface area contributed by atoms with Crippen LogP contribution in [0.5, 0.6) is 0 Å². The maximum absolute atomic E-state index is 13.6. The lowest BCUT2D eigenvalue weighted by Gasteiger charge is -2.28. The van der Waals surface area contributed by atoms with Gasteiger partial charge in [-0.25, -0.2) is 4.39 Å². The summed E-state index contributed by atoms with van der Waals surface area (Å²) in [6.45, 7) is 5.02. The second-order valence-corrected chi connectivity index (χ2v) is 6.01. The summed E-state index contributed by atoms with van der Waals surface area (Å²) in [5.74, 6) is -1.42. The van der Waals surface area contributed by atoms with E-state index in [9.17, 15) is 19.3 Å². The Labute approximate surface area is 123 Å². The molecule has 116 valence electrons. The average Bonchev–Trinajstić information content (AvgIpc) is 2.34. The zero-order valence-corrected chi connectivity index (χ0v) is 12.6. The van der Waals surface area contributed by atoms with Gasteiger partial charge in [-0.1, -0.05) is 13.8 Å². The topological polar surface area (TPSA) is 75.5 Å². The van der Waals surface area contributed by atoms with Crippen LogP contribution in [0.1, 0.15) is 24.2 Å². The van der Waals surface area contributed by atoms with Crippen molar-refractivity contribution in [1.29, 1.82) is 0 Å². The molecule has 0 aliphatic heterocycles. The Morgan fingerprint density at radius 3 is 2.57 bits per heavy atom. The molecular formula is C14H20FN3O3. The van der Waals surface area contributed by atoms with E-state index in [1.54, 1.807) is 0 Å². The van der Waals surface area contributed by atoms with Crippen LogP contribution in [0.2, 0.25) is 0 Å². The third kappa shape index (κ3) is 5.11. The summed E-state index contributed by atoms with van der Waals surface area (Å²) in [6, 6.07) is 2.91. The van der Waals surface area contributed by atoms with Crippen molar-refractivity contribution in [1.82, 2.24) is 10.2 Å². The van der Waals surface area contributed by atoms with Crippen LogP contribution < -0.4 is 5.32 Å². The van der Waals surface area contributed by atoms with Crippen LogP contribution in [0.15, 0.2) is 18.2 Å². The van der Waals surface area contributed by atoms with Gasteiger partial charge in [0.05, 0.1) is 10.5 Å². The molecule has 21 heavy (non-hydrogen) atoms. The number of amides is 1. The van der Waals surface area contributed by atoms with E-state index >= 15 is 0 Å². The molecule has 1 aromatic carbocycles. The summed E-state index contributed by atoms with van der Waals surface area (Å²) in [7, 11) is 3.84. The third-order valence-corrected chi connectivity index (χ3v) is 2.88. The fourth-order valence-corrected chi connectivity index (χ4v) is 2.13. The number of halogens is 1. The number of carbonyl (C=O) groups excluding carboxylic acids is 1. The van der Waals surface area contributed by atoms with Gasteiger partial charge in [0.2, 0.25) is 0 Å². The molecule has 0 aliphatic carbocycles. The average molecular weight is 297 g/mol. The molecule has 0 saturated heterocycles. The maximum Gasteiger partial charge on any atom is 0.270 e.